The Kier molecular flexibility index (Phi) is 5.20. The Morgan fingerprint density at radius 1 is 1.36 bits per heavy atom. The number of fused-ring (bicyclic) bond motifs is 1. The van der Waals surface area contributed by atoms with E-state index in [0.29, 0.717) is 23.5 Å². The number of hydrogen-bond acceptors (Lipinski definition) is 4. The average molecular weight is 324 g/mol. The maximum Gasteiger partial charge on any atom is 0.243 e. The quantitative estimate of drug-likeness (QED) is 0.814. The average Bonchev–Trinajstić information content (AvgIpc) is 2.80. The summed E-state index contributed by atoms with van der Waals surface area (Å²) in [6.07, 6.45) is 3.93. The number of aromatic nitrogens is 2. The molecule has 1 unspecified atom stereocenters. The number of likely N-dealkylation sites (N-methyl/N-ethyl adjacent to an activating group) is 1. The minimum absolute atomic E-state index is 0.123. The third-order valence-electron chi connectivity index (χ3n) is 3.37. The second kappa shape index (κ2) is 6.76. The second-order valence-electron chi connectivity index (χ2n) is 6.26. The van der Waals surface area contributed by atoms with Crippen LogP contribution in [0.2, 0.25) is 0 Å². The highest BCUT2D eigenvalue weighted by Crippen LogP contribution is 2.21. The van der Waals surface area contributed by atoms with Crippen molar-refractivity contribution in [1.29, 1.82) is 0 Å². The SMILES string of the molecule is CC(C)CC(CN(C)C)NS(=O)(=O)c1c[nH]c2ncccc12. The number of rotatable bonds is 7. The van der Waals surface area contributed by atoms with E-state index in [2.05, 4.69) is 28.5 Å². The first kappa shape index (κ1) is 16.9. The van der Waals surface area contributed by atoms with Crippen LogP contribution in [0.4, 0.5) is 0 Å². The third-order valence-corrected chi connectivity index (χ3v) is 4.93. The summed E-state index contributed by atoms with van der Waals surface area (Å²) >= 11 is 0. The molecule has 0 aliphatic carbocycles. The Labute approximate surface area is 132 Å². The van der Waals surface area contributed by atoms with Crippen LogP contribution in [0.25, 0.3) is 11.0 Å². The van der Waals surface area contributed by atoms with Crippen LogP contribution in [-0.4, -0.2) is 50.0 Å². The maximum absolute atomic E-state index is 12.7. The molecule has 122 valence electrons. The van der Waals surface area contributed by atoms with Crippen LogP contribution >= 0.6 is 0 Å². The molecule has 2 heterocycles. The number of nitrogens with zero attached hydrogens (tertiary/aromatic N) is 2. The van der Waals surface area contributed by atoms with Gasteiger partial charge in [-0.1, -0.05) is 13.8 Å². The summed E-state index contributed by atoms with van der Waals surface area (Å²) in [5.41, 5.74) is 0.580. The van der Waals surface area contributed by atoms with Gasteiger partial charge in [0.25, 0.3) is 0 Å². The molecule has 1 atom stereocenters. The Bertz CT molecular complexity index is 712. The minimum atomic E-state index is -3.58. The van der Waals surface area contributed by atoms with Gasteiger partial charge in [-0.3, -0.25) is 0 Å². The van der Waals surface area contributed by atoms with E-state index in [-0.39, 0.29) is 10.9 Å². The maximum atomic E-state index is 12.7. The second-order valence-corrected chi connectivity index (χ2v) is 7.94. The highest BCUT2D eigenvalue weighted by atomic mass is 32.2. The van der Waals surface area contributed by atoms with Gasteiger partial charge in [-0.2, -0.15) is 0 Å². The summed E-state index contributed by atoms with van der Waals surface area (Å²) in [6.45, 7) is 4.84. The summed E-state index contributed by atoms with van der Waals surface area (Å²) in [7, 11) is 0.301. The predicted molar refractivity (Wildman–Crippen MR) is 88.2 cm³/mol. The third kappa shape index (κ3) is 4.06. The smallest absolute Gasteiger partial charge is 0.243 e. The van der Waals surface area contributed by atoms with Crippen molar-refractivity contribution in [3.05, 3.63) is 24.5 Å². The molecule has 6 nitrogen and oxygen atoms in total. The predicted octanol–water partition coefficient (Wildman–Crippen LogP) is 1.82. The molecule has 0 bridgehead atoms. The van der Waals surface area contributed by atoms with Gasteiger partial charge in [0.2, 0.25) is 10.0 Å². The van der Waals surface area contributed by atoms with E-state index in [4.69, 9.17) is 0 Å². The van der Waals surface area contributed by atoms with Crippen LogP contribution < -0.4 is 4.72 Å². The normalized spacial score (nSPS) is 14.1. The molecule has 0 radical (unpaired) electrons. The summed E-state index contributed by atoms with van der Waals surface area (Å²) < 4.78 is 28.2. The van der Waals surface area contributed by atoms with Gasteiger partial charge in [0.1, 0.15) is 10.5 Å². The van der Waals surface area contributed by atoms with E-state index in [1.54, 1.807) is 18.3 Å². The van der Waals surface area contributed by atoms with Crippen LogP contribution in [-0.2, 0) is 10.0 Å². The van der Waals surface area contributed by atoms with Crippen LogP contribution in [0.3, 0.4) is 0 Å². The highest BCUT2D eigenvalue weighted by Gasteiger charge is 2.24. The van der Waals surface area contributed by atoms with Crippen LogP contribution in [0.1, 0.15) is 20.3 Å². The van der Waals surface area contributed by atoms with Crippen molar-refractivity contribution in [2.45, 2.75) is 31.2 Å². The molecule has 0 fully saturated rings. The van der Waals surface area contributed by atoms with Crippen molar-refractivity contribution in [3.63, 3.8) is 0 Å². The fraction of sp³-hybridized carbons (Fsp3) is 0.533. The molecular weight excluding hydrogens is 300 g/mol. The lowest BCUT2D eigenvalue weighted by atomic mass is 10.0. The highest BCUT2D eigenvalue weighted by molar-refractivity contribution is 7.89. The molecule has 2 aromatic heterocycles. The summed E-state index contributed by atoms with van der Waals surface area (Å²) in [5.74, 6) is 0.414. The zero-order valence-corrected chi connectivity index (χ0v) is 14.3. The first-order valence-corrected chi connectivity index (χ1v) is 8.87. The lowest BCUT2D eigenvalue weighted by Crippen LogP contribution is -2.42. The summed E-state index contributed by atoms with van der Waals surface area (Å²) in [5, 5.41) is 0.614. The lowest BCUT2D eigenvalue weighted by Gasteiger charge is -2.23. The van der Waals surface area contributed by atoms with Gasteiger partial charge in [-0.15, -0.1) is 0 Å². The monoisotopic (exact) mass is 324 g/mol. The molecule has 0 amide bonds. The van der Waals surface area contributed by atoms with Crippen LogP contribution in [0, 0.1) is 5.92 Å². The van der Waals surface area contributed by atoms with Gasteiger partial charge in [0, 0.05) is 30.4 Å². The van der Waals surface area contributed by atoms with Gasteiger partial charge in [0.05, 0.1) is 0 Å². The van der Waals surface area contributed by atoms with E-state index in [9.17, 15) is 8.42 Å². The van der Waals surface area contributed by atoms with E-state index in [1.807, 2.05) is 19.0 Å². The Morgan fingerprint density at radius 3 is 2.73 bits per heavy atom. The van der Waals surface area contributed by atoms with Crippen molar-refractivity contribution in [2.75, 3.05) is 20.6 Å². The van der Waals surface area contributed by atoms with Crippen molar-refractivity contribution in [1.82, 2.24) is 19.6 Å². The zero-order valence-electron chi connectivity index (χ0n) is 13.5. The van der Waals surface area contributed by atoms with E-state index >= 15 is 0 Å². The Morgan fingerprint density at radius 2 is 2.09 bits per heavy atom. The molecule has 2 N–H and O–H groups in total. The number of hydrogen-bond donors (Lipinski definition) is 2. The molecule has 0 saturated heterocycles. The molecule has 0 spiro atoms. The summed E-state index contributed by atoms with van der Waals surface area (Å²) in [4.78, 5) is 9.29. The van der Waals surface area contributed by atoms with Gasteiger partial charge in [-0.05, 0) is 38.6 Å². The van der Waals surface area contributed by atoms with Crippen molar-refractivity contribution >= 4 is 21.1 Å². The van der Waals surface area contributed by atoms with Crippen molar-refractivity contribution in [3.8, 4) is 0 Å². The number of sulfonamides is 1. The van der Waals surface area contributed by atoms with Gasteiger partial charge in [-0.25, -0.2) is 18.1 Å². The van der Waals surface area contributed by atoms with Gasteiger partial charge in [0.15, 0.2) is 0 Å². The number of aromatic amines is 1. The van der Waals surface area contributed by atoms with Crippen LogP contribution in [0.15, 0.2) is 29.4 Å². The molecule has 0 aliphatic heterocycles. The van der Waals surface area contributed by atoms with Crippen LogP contribution in [0.5, 0.6) is 0 Å². The molecule has 0 saturated carbocycles. The fourth-order valence-corrected chi connectivity index (χ4v) is 4.01. The lowest BCUT2D eigenvalue weighted by molar-refractivity contribution is 0.329. The number of nitrogens with one attached hydrogen (secondary N) is 2. The molecule has 2 rings (SSSR count). The largest absolute Gasteiger partial charge is 0.345 e. The topological polar surface area (TPSA) is 78.1 Å². The zero-order chi connectivity index (χ0) is 16.3. The Balaban J connectivity index is 2.28. The first-order chi connectivity index (χ1) is 10.3. The summed E-state index contributed by atoms with van der Waals surface area (Å²) in [6, 6.07) is 3.37. The molecular formula is C15H24N4O2S. The first-order valence-electron chi connectivity index (χ1n) is 7.38. The van der Waals surface area contributed by atoms with Crippen molar-refractivity contribution < 1.29 is 8.42 Å². The Hall–Kier alpha value is -1.44. The molecule has 2 aromatic rings. The number of H-pyrrole nitrogens is 1. The fourth-order valence-electron chi connectivity index (χ4n) is 2.61. The van der Waals surface area contributed by atoms with E-state index in [0.717, 1.165) is 6.42 Å². The standard InChI is InChI=1S/C15H24N4O2S/c1-11(2)8-12(10-19(3)4)18-22(20,21)14-9-17-15-13(14)6-5-7-16-15/h5-7,9,11-12,18H,8,10H2,1-4H3,(H,16,17). The van der Waals surface area contributed by atoms with Crippen molar-refractivity contribution in [2.24, 2.45) is 5.92 Å². The molecule has 0 aliphatic rings. The van der Waals surface area contributed by atoms with Gasteiger partial charge < -0.3 is 9.88 Å². The van der Waals surface area contributed by atoms with E-state index < -0.39 is 10.0 Å². The van der Waals surface area contributed by atoms with E-state index in [1.165, 1.54) is 6.20 Å². The molecule has 0 aromatic carbocycles. The minimum Gasteiger partial charge on any atom is -0.345 e. The van der Waals surface area contributed by atoms with Gasteiger partial charge >= 0.3 is 0 Å². The number of pyridine rings is 1. The molecule has 7 heteroatoms. The molecule has 22 heavy (non-hydrogen) atoms.